The fourth-order valence-corrected chi connectivity index (χ4v) is 4.13. The van der Waals surface area contributed by atoms with Gasteiger partial charge in [-0.2, -0.15) is 0 Å². The van der Waals surface area contributed by atoms with E-state index in [-0.39, 0.29) is 24.9 Å². The van der Waals surface area contributed by atoms with Gasteiger partial charge in [0, 0.05) is 18.8 Å². The standard InChI is InChI=1S/C19H27N3O2/c20-14-17(23)22(16-6-2-1-3-7-16)15-18(24)21-12-10-19(11-13-21)8-4-5-9-19/h1-3,6-7H,4-5,8-15,20H2. The van der Waals surface area contributed by atoms with Gasteiger partial charge < -0.3 is 15.5 Å². The molecule has 1 aliphatic heterocycles. The summed E-state index contributed by atoms with van der Waals surface area (Å²) in [6, 6.07) is 9.29. The van der Waals surface area contributed by atoms with Crippen molar-refractivity contribution in [2.45, 2.75) is 38.5 Å². The van der Waals surface area contributed by atoms with Crippen molar-refractivity contribution in [2.24, 2.45) is 11.1 Å². The number of anilines is 1. The van der Waals surface area contributed by atoms with Gasteiger partial charge in [0.25, 0.3) is 0 Å². The number of carbonyl (C=O) groups is 2. The minimum Gasteiger partial charge on any atom is -0.341 e. The quantitative estimate of drug-likeness (QED) is 0.920. The highest BCUT2D eigenvalue weighted by Gasteiger charge is 2.38. The van der Waals surface area contributed by atoms with E-state index >= 15 is 0 Å². The zero-order valence-corrected chi connectivity index (χ0v) is 14.2. The first-order valence-electron chi connectivity index (χ1n) is 8.97. The van der Waals surface area contributed by atoms with Crippen LogP contribution in [0.15, 0.2) is 30.3 Å². The molecule has 1 heterocycles. The Morgan fingerprint density at radius 1 is 1.04 bits per heavy atom. The molecule has 2 amide bonds. The third-order valence-corrected chi connectivity index (χ3v) is 5.68. The number of nitrogens with zero attached hydrogens (tertiary/aromatic N) is 2. The third-order valence-electron chi connectivity index (χ3n) is 5.68. The van der Waals surface area contributed by atoms with Gasteiger partial charge in [-0.1, -0.05) is 31.0 Å². The van der Waals surface area contributed by atoms with Crippen LogP contribution in [0.25, 0.3) is 0 Å². The molecule has 24 heavy (non-hydrogen) atoms. The number of nitrogens with two attached hydrogens (primary N) is 1. The summed E-state index contributed by atoms with van der Waals surface area (Å²) in [5, 5.41) is 0. The van der Waals surface area contributed by atoms with Crippen molar-refractivity contribution in [1.82, 2.24) is 4.90 Å². The highest BCUT2D eigenvalue weighted by molar-refractivity contribution is 5.99. The Morgan fingerprint density at radius 3 is 2.25 bits per heavy atom. The Morgan fingerprint density at radius 2 is 1.67 bits per heavy atom. The highest BCUT2D eigenvalue weighted by atomic mass is 16.2. The Balaban J connectivity index is 1.63. The summed E-state index contributed by atoms with van der Waals surface area (Å²) in [5.41, 5.74) is 6.74. The number of hydrogen-bond donors (Lipinski definition) is 1. The molecule has 0 radical (unpaired) electrons. The first-order chi connectivity index (χ1) is 11.6. The van der Waals surface area contributed by atoms with E-state index in [2.05, 4.69) is 0 Å². The Hall–Kier alpha value is -1.88. The lowest BCUT2D eigenvalue weighted by molar-refractivity contribution is -0.133. The predicted molar refractivity (Wildman–Crippen MR) is 94.6 cm³/mol. The molecule has 2 N–H and O–H groups in total. The SMILES string of the molecule is NCC(=O)N(CC(=O)N1CCC2(CCCC2)CC1)c1ccccc1. The van der Waals surface area contributed by atoms with Gasteiger partial charge in [-0.3, -0.25) is 9.59 Å². The molecule has 2 aliphatic rings. The van der Waals surface area contributed by atoms with Gasteiger partial charge >= 0.3 is 0 Å². The zero-order chi connectivity index (χ0) is 17.0. The third kappa shape index (κ3) is 3.61. The van der Waals surface area contributed by atoms with E-state index < -0.39 is 0 Å². The number of amides is 2. The van der Waals surface area contributed by atoms with Crippen LogP contribution in [0.4, 0.5) is 5.69 Å². The molecular formula is C19H27N3O2. The van der Waals surface area contributed by atoms with E-state index in [0.717, 1.165) is 31.6 Å². The second-order valence-electron chi connectivity index (χ2n) is 7.11. The van der Waals surface area contributed by atoms with Gasteiger partial charge in [0.1, 0.15) is 6.54 Å². The summed E-state index contributed by atoms with van der Waals surface area (Å²) in [4.78, 5) is 28.3. The second kappa shape index (κ2) is 7.34. The molecule has 1 saturated carbocycles. The van der Waals surface area contributed by atoms with E-state index in [1.54, 1.807) is 0 Å². The summed E-state index contributed by atoms with van der Waals surface area (Å²) < 4.78 is 0. The smallest absolute Gasteiger partial charge is 0.242 e. The maximum Gasteiger partial charge on any atom is 0.242 e. The van der Waals surface area contributed by atoms with Gasteiger partial charge in [-0.25, -0.2) is 0 Å². The van der Waals surface area contributed by atoms with Crippen LogP contribution in [0.1, 0.15) is 38.5 Å². The second-order valence-corrected chi connectivity index (χ2v) is 7.11. The van der Waals surface area contributed by atoms with Crippen LogP contribution in [0.2, 0.25) is 0 Å². The van der Waals surface area contributed by atoms with E-state index in [1.807, 2.05) is 35.2 Å². The number of benzene rings is 1. The largest absolute Gasteiger partial charge is 0.341 e. The lowest BCUT2D eigenvalue weighted by Crippen LogP contribution is -2.48. The lowest BCUT2D eigenvalue weighted by atomic mass is 9.77. The predicted octanol–water partition coefficient (Wildman–Crippen LogP) is 2.16. The van der Waals surface area contributed by atoms with Crippen molar-refractivity contribution in [3.8, 4) is 0 Å². The Bertz CT molecular complexity index is 572. The summed E-state index contributed by atoms with van der Waals surface area (Å²) in [7, 11) is 0. The average molecular weight is 329 g/mol. The fourth-order valence-electron chi connectivity index (χ4n) is 4.13. The maximum absolute atomic E-state index is 12.7. The molecule has 130 valence electrons. The van der Waals surface area contributed by atoms with Crippen molar-refractivity contribution < 1.29 is 9.59 Å². The fraction of sp³-hybridized carbons (Fsp3) is 0.579. The minimum absolute atomic E-state index is 0.0218. The van der Waals surface area contributed by atoms with Crippen LogP contribution in [0, 0.1) is 5.41 Å². The molecule has 1 aromatic rings. The van der Waals surface area contributed by atoms with E-state index in [1.165, 1.54) is 30.6 Å². The first-order valence-corrected chi connectivity index (χ1v) is 8.97. The lowest BCUT2D eigenvalue weighted by Gasteiger charge is -2.40. The number of piperidine rings is 1. The number of carbonyl (C=O) groups excluding carboxylic acids is 2. The molecule has 5 nitrogen and oxygen atoms in total. The van der Waals surface area contributed by atoms with Crippen LogP contribution >= 0.6 is 0 Å². The van der Waals surface area contributed by atoms with E-state index in [9.17, 15) is 9.59 Å². The van der Waals surface area contributed by atoms with Crippen LogP contribution in [-0.4, -0.2) is 42.9 Å². The van der Waals surface area contributed by atoms with Crippen molar-refractivity contribution in [2.75, 3.05) is 31.1 Å². The molecule has 1 saturated heterocycles. The van der Waals surface area contributed by atoms with Crippen molar-refractivity contribution in [3.63, 3.8) is 0 Å². The number of para-hydroxylation sites is 1. The molecule has 3 rings (SSSR count). The van der Waals surface area contributed by atoms with Crippen molar-refractivity contribution >= 4 is 17.5 Å². The number of rotatable bonds is 4. The van der Waals surface area contributed by atoms with E-state index in [4.69, 9.17) is 5.73 Å². The van der Waals surface area contributed by atoms with Gasteiger partial charge in [0.2, 0.25) is 11.8 Å². The van der Waals surface area contributed by atoms with Crippen LogP contribution in [-0.2, 0) is 9.59 Å². The minimum atomic E-state index is -0.223. The molecule has 2 fully saturated rings. The number of likely N-dealkylation sites (tertiary alicyclic amines) is 1. The summed E-state index contributed by atoms with van der Waals surface area (Å²) in [6.07, 6.45) is 7.51. The topological polar surface area (TPSA) is 66.6 Å². The molecular weight excluding hydrogens is 302 g/mol. The Labute approximate surface area is 143 Å². The first kappa shape index (κ1) is 17.0. The van der Waals surface area contributed by atoms with Gasteiger partial charge in [0.05, 0.1) is 6.54 Å². The number of hydrogen-bond acceptors (Lipinski definition) is 3. The summed E-state index contributed by atoms with van der Waals surface area (Å²) >= 11 is 0. The molecule has 0 aromatic heterocycles. The molecule has 1 spiro atoms. The van der Waals surface area contributed by atoms with Crippen LogP contribution in [0.5, 0.6) is 0 Å². The normalized spacial score (nSPS) is 19.5. The average Bonchev–Trinajstić information content (AvgIpc) is 3.08. The van der Waals surface area contributed by atoms with Gasteiger partial charge in [-0.05, 0) is 43.2 Å². The van der Waals surface area contributed by atoms with Crippen LogP contribution < -0.4 is 10.6 Å². The monoisotopic (exact) mass is 329 g/mol. The molecule has 0 bridgehead atoms. The maximum atomic E-state index is 12.7. The molecule has 0 unspecified atom stereocenters. The van der Waals surface area contributed by atoms with Gasteiger partial charge in [0.15, 0.2) is 0 Å². The molecule has 1 aromatic carbocycles. The van der Waals surface area contributed by atoms with Crippen LogP contribution in [0.3, 0.4) is 0 Å². The van der Waals surface area contributed by atoms with Crippen molar-refractivity contribution in [3.05, 3.63) is 30.3 Å². The molecule has 5 heteroatoms. The zero-order valence-electron chi connectivity index (χ0n) is 14.2. The van der Waals surface area contributed by atoms with Gasteiger partial charge in [-0.15, -0.1) is 0 Å². The highest BCUT2D eigenvalue weighted by Crippen LogP contribution is 2.46. The van der Waals surface area contributed by atoms with E-state index in [0.29, 0.717) is 5.41 Å². The molecule has 0 atom stereocenters. The molecule has 1 aliphatic carbocycles. The van der Waals surface area contributed by atoms with Crippen molar-refractivity contribution in [1.29, 1.82) is 0 Å². The Kier molecular flexibility index (Phi) is 5.19. The summed E-state index contributed by atoms with van der Waals surface area (Å²) in [6.45, 7) is 1.62. The summed E-state index contributed by atoms with van der Waals surface area (Å²) in [5.74, 6) is -0.202.